The van der Waals surface area contributed by atoms with Gasteiger partial charge in [0, 0.05) is 19.4 Å². The molecule has 1 fully saturated rings. The maximum Gasteiger partial charge on any atom is 0.472 e. The van der Waals surface area contributed by atoms with Crippen LogP contribution in [0.5, 0.6) is 0 Å². The lowest BCUT2D eigenvalue weighted by Gasteiger charge is -2.19. The van der Waals surface area contributed by atoms with E-state index < -0.39 is 32.5 Å². The molecular weight excluding hydrogens is 705 g/mol. The summed E-state index contributed by atoms with van der Waals surface area (Å²) in [4.78, 5) is 34.8. The Morgan fingerprint density at radius 3 is 1.76 bits per heavy atom. The first kappa shape index (κ1) is 49.7. The van der Waals surface area contributed by atoms with E-state index in [4.69, 9.17) is 29.0 Å². The van der Waals surface area contributed by atoms with E-state index in [9.17, 15) is 19.0 Å². The molecule has 310 valence electrons. The Labute approximate surface area is 327 Å². The van der Waals surface area contributed by atoms with Gasteiger partial charge in [-0.05, 0) is 83.5 Å². The van der Waals surface area contributed by atoms with Crippen LogP contribution >= 0.6 is 7.82 Å². The SMILES string of the molecule is CCCCC/C=C\C/C=C\CCCCCCCC(=O)O[C@H](COC(=O)CCC/C=C\C/C=C\CC1OC1C/C=C\CCCCC)COP(=O)(O)OCCN. The molecular formula is C43H74NO9P. The van der Waals surface area contributed by atoms with Crippen LogP contribution in [0.3, 0.4) is 0 Å². The number of carbonyl (C=O) groups excluding carboxylic acids is 2. The lowest BCUT2D eigenvalue weighted by Crippen LogP contribution is -2.29. The first-order valence-electron chi connectivity index (χ1n) is 20.9. The summed E-state index contributed by atoms with van der Waals surface area (Å²) in [5.74, 6) is -0.922. The van der Waals surface area contributed by atoms with Crippen molar-refractivity contribution in [2.45, 2.75) is 173 Å². The highest BCUT2D eigenvalue weighted by molar-refractivity contribution is 7.47. The fourth-order valence-corrected chi connectivity index (χ4v) is 6.29. The van der Waals surface area contributed by atoms with Crippen LogP contribution in [0.1, 0.15) is 155 Å². The highest BCUT2D eigenvalue weighted by atomic mass is 31.2. The minimum Gasteiger partial charge on any atom is -0.462 e. The van der Waals surface area contributed by atoms with Crippen molar-refractivity contribution in [1.29, 1.82) is 0 Å². The van der Waals surface area contributed by atoms with Crippen LogP contribution in [0, 0.1) is 0 Å². The van der Waals surface area contributed by atoms with Crippen molar-refractivity contribution in [3.63, 3.8) is 0 Å². The van der Waals surface area contributed by atoms with Gasteiger partial charge in [0.15, 0.2) is 6.10 Å². The average Bonchev–Trinajstić information content (AvgIpc) is 3.91. The van der Waals surface area contributed by atoms with Crippen molar-refractivity contribution in [2.75, 3.05) is 26.4 Å². The van der Waals surface area contributed by atoms with E-state index in [1.54, 1.807) is 0 Å². The molecule has 0 aromatic rings. The number of unbranched alkanes of at least 4 members (excludes halogenated alkanes) is 12. The number of rotatable bonds is 37. The summed E-state index contributed by atoms with van der Waals surface area (Å²) >= 11 is 0. The summed E-state index contributed by atoms with van der Waals surface area (Å²) in [6.07, 6.45) is 42.8. The number of allylic oxidation sites excluding steroid dienone is 8. The van der Waals surface area contributed by atoms with Crippen molar-refractivity contribution in [3.8, 4) is 0 Å². The number of ether oxygens (including phenoxy) is 3. The summed E-state index contributed by atoms with van der Waals surface area (Å²) in [6.45, 7) is 3.56. The molecule has 1 rings (SSSR count). The standard InChI is InChI=1S/C43H74NO9P/c1-3-5-7-9-11-12-13-14-15-16-17-18-21-26-30-34-43(46)52-39(38-51-54(47,48)50-36-35-44)37-49-42(45)33-29-25-22-19-20-24-28-32-41-40(53-41)31-27-23-10-8-6-4-2/h11-12,14-15,19,22-24,27-28,39-41H,3-10,13,16-18,20-21,25-26,29-38,44H2,1-2H3,(H,47,48)/b12-11-,15-14-,22-19-,27-23-,28-24-/t39-,40?,41?/m1/s1. The van der Waals surface area contributed by atoms with Gasteiger partial charge in [0.05, 0.1) is 25.4 Å². The number of phosphoric acid groups is 1. The van der Waals surface area contributed by atoms with Gasteiger partial charge in [-0.25, -0.2) is 4.57 Å². The molecule has 1 aliphatic rings. The summed E-state index contributed by atoms with van der Waals surface area (Å²) < 4.78 is 38.4. The summed E-state index contributed by atoms with van der Waals surface area (Å²) in [5, 5.41) is 0. The van der Waals surface area contributed by atoms with Gasteiger partial charge in [-0.15, -0.1) is 0 Å². The first-order chi connectivity index (χ1) is 26.3. The van der Waals surface area contributed by atoms with Crippen molar-refractivity contribution in [2.24, 2.45) is 5.73 Å². The Bertz CT molecular complexity index is 1140. The van der Waals surface area contributed by atoms with Crippen LogP contribution in [0.4, 0.5) is 0 Å². The molecule has 0 aromatic carbocycles. The lowest BCUT2D eigenvalue weighted by molar-refractivity contribution is -0.161. The predicted octanol–water partition coefficient (Wildman–Crippen LogP) is 10.7. The van der Waals surface area contributed by atoms with Crippen LogP contribution in [0.15, 0.2) is 60.8 Å². The van der Waals surface area contributed by atoms with Crippen LogP contribution in [-0.4, -0.2) is 61.5 Å². The fraction of sp³-hybridized carbons (Fsp3) is 0.721. The monoisotopic (exact) mass is 780 g/mol. The number of nitrogens with two attached hydrogens (primary N) is 1. The van der Waals surface area contributed by atoms with E-state index in [0.717, 1.165) is 70.6 Å². The number of epoxide rings is 1. The first-order valence-corrected chi connectivity index (χ1v) is 22.4. The van der Waals surface area contributed by atoms with Crippen molar-refractivity contribution in [1.82, 2.24) is 0 Å². The van der Waals surface area contributed by atoms with E-state index in [1.807, 2.05) is 6.08 Å². The number of phosphoric ester groups is 1. The largest absolute Gasteiger partial charge is 0.472 e. The molecule has 1 heterocycles. The predicted molar refractivity (Wildman–Crippen MR) is 219 cm³/mol. The van der Waals surface area contributed by atoms with Crippen LogP contribution in [-0.2, 0) is 37.4 Å². The van der Waals surface area contributed by atoms with E-state index >= 15 is 0 Å². The van der Waals surface area contributed by atoms with E-state index in [-0.39, 0.29) is 32.6 Å². The molecule has 1 aliphatic heterocycles. The van der Waals surface area contributed by atoms with Gasteiger partial charge < -0.3 is 24.8 Å². The zero-order valence-corrected chi connectivity index (χ0v) is 34.5. The number of hydrogen-bond acceptors (Lipinski definition) is 9. The van der Waals surface area contributed by atoms with Crippen LogP contribution in [0.2, 0.25) is 0 Å². The van der Waals surface area contributed by atoms with Gasteiger partial charge >= 0.3 is 19.8 Å². The molecule has 10 nitrogen and oxygen atoms in total. The topological polar surface area (TPSA) is 147 Å². The molecule has 0 amide bonds. The quantitative estimate of drug-likeness (QED) is 0.0205. The minimum atomic E-state index is -4.40. The highest BCUT2D eigenvalue weighted by Crippen LogP contribution is 2.43. The molecule has 0 radical (unpaired) electrons. The second-order valence-electron chi connectivity index (χ2n) is 13.9. The molecule has 0 saturated carbocycles. The maximum atomic E-state index is 12.6. The molecule has 11 heteroatoms. The van der Waals surface area contributed by atoms with Crippen LogP contribution in [0.25, 0.3) is 0 Å². The Balaban J connectivity index is 2.25. The smallest absolute Gasteiger partial charge is 0.462 e. The molecule has 1 saturated heterocycles. The van der Waals surface area contributed by atoms with E-state index in [1.165, 1.54) is 44.9 Å². The van der Waals surface area contributed by atoms with Gasteiger partial charge in [-0.1, -0.05) is 120 Å². The Morgan fingerprint density at radius 1 is 0.648 bits per heavy atom. The summed E-state index contributed by atoms with van der Waals surface area (Å²) in [5.41, 5.74) is 5.34. The fourth-order valence-electron chi connectivity index (χ4n) is 5.52. The molecule has 3 N–H and O–H groups in total. The summed E-state index contributed by atoms with van der Waals surface area (Å²) in [7, 11) is -4.40. The second kappa shape index (κ2) is 35.1. The number of esters is 2. The summed E-state index contributed by atoms with van der Waals surface area (Å²) in [6, 6.07) is 0. The third-order valence-corrected chi connectivity index (χ3v) is 9.76. The molecule has 0 aliphatic carbocycles. The second-order valence-corrected chi connectivity index (χ2v) is 15.3. The molecule has 54 heavy (non-hydrogen) atoms. The maximum absolute atomic E-state index is 12.6. The molecule has 0 spiro atoms. The van der Waals surface area contributed by atoms with Gasteiger partial charge in [-0.2, -0.15) is 0 Å². The van der Waals surface area contributed by atoms with Gasteiger partial charge in [-0.3, -0.25) is 18.6 Å². The molecule has 0 bridgehead atoms. The zero-order chi connectivity index (χ0) is 39.4. The number of hydrogen-bond donors (Lipinski definition) is 2. The van der Waals surface area contributed by atoms with Crippen LogP contribution < -0.4 is 5.73 Å². The Morgan fingerprint density at radius 2 is 1.15 bits per heavy atom. The Kier molecular flexibility index (Phi) is 32.3. The average molecular weight is 780 g/mol. The molecule has 3 unspecified atom stereocenters. The molecule has 0 aromatic heterocycles. The van der Waals surface area contributed by atoms with Crippen molar-refractivity contribution in [3.05, 3.63) is 60.8 Å². The lowest BCUT2D eigenvalue weighted by atomic mass is 10.1. The van der Waals surface area contributed by atoms with Gasteiger partial charge in [0.25, 0.3) is 0 Å². The zero-order valence-electron chi connectivity index (χ0n) is 33.6. The van der Waals surface area contributed by atoms with Gasteiger partial charge in [0.1, 0.15) is 6.61 Å². The highest BCUT2D eigenvalue weighted by Gasteiger charge is 2.36. The van der Waals surface area contributed by atoms with Gasteiger partial charge in [0.2, 0.25) is 0 Å². The number of carbonyl (C=O) groups is 2. The third-order valence-electron chi connectivity index (χ3n) is 8.78. The minimum absolute atomic E-state index is 0.0389. The van der Waals surface area contributed by atoms with E-state index in [2.05, 4.69) is 68.5 Å². The molecule has 4 atom stereocenters. The normalized spacial score (nSPS) is 17.7. The van der Waals surface area contributed by atoms with Crippen molar-refractivity contribution >= 4 is 19.8 Å². The Hall–Kier alpha value is -2.33. The van der Waals surface area contributed by atoms with Crippen molar-refractivity contribution < 1.29 is 42.3 Å². The van der Waals surface area contributed by atoms with E-state index in [0.29, 0.717) is 25.0 Å². The third kappa shape index (κ3) is 32.0.